The minimum Gasteiger partial charge on any atom is -0.481 e. The van der Waals surface area contributed by atoms with Crippen molar-refractivity contribution in [2.75, 3.05) is 26.2 Å². The molecule has 0 spiro atoms. The van der Waals surface area contributed by atoms with E-state index in [1.54, 1.807) is 0 Å². The molecule has 0 saturated heterocycles. The zero-order chi connectivity index (χ0) is 23.9. The van der Waals surface area contributed by atoms with E-state index in [1.807, 2.05) is 0 Å². The van der Waals surface area contributed by atoms with Gasteiger partial charge in [-0.3, -0.25) is 9.59 Å². The Labute approximate surface area is 197 Å². The Balaban J connectivity index is 3.99. The van der Waals surface area contributed by atoms with Gasteiger partial charge in [-0.1, -0.05) is 71.6 Å². The first-order chi connectivity index (χ1) is 15.5. The Morgan fingerprint density at radius 3 is 2.00 bits per heavy atom. The van der Waals surface area contributed by atoms with Crippen LogP contribution >= 0.6 is 0 Å². The third kappa shape index (κ3) is 20.7. The number of rotatable bonds is 24. The monoisotopic (exact) mass is 457 g/mol. The molecule has 6 nitrogen and oxygen atoms in total. The van der Waals surface area contributed by atoms with Gasteiger partial charge in [0.1, 0.15) is 6.10 Å². The van der Waals surface area contributed by atoms with E-state index in [4.69, 9.17) is 9.84 Å². The maximum absolute atomic E-state index is 12.3. The van der Waals surface area contributed by atoms with Crippen molar-refractivity contribution >= 4 is 11.9 Å². The van der Waals surface area contributed by atoms with Crippen molar-refractivity contribution in [1.29, 1.82) is 0 Å². The quantitative estimate of drug-likeness (QED) is 0.138. The molecule has 2 N–H and O–H groups in total. The van der Waals surface area contributed by atoms with Crippen molar-refractivity contribution in [3.05, 3.63) is 0 Å². The number of unbranched alkanes of at least 4 members (excludes halogenated alkanes) is 9. The van der Waals surface area contributed by atoms with E-state index < -0.39 is 5.97 Å². The number of carboxylic acids is 1. The first-order valence-electron chi connectivity index (χ1n) is 13.3. The number of hydrogen-bond donors (Lipinski definition) is 2. The Morgan fingerprint density at radius 1 is 0.719 bits per heavy atom. The summed E-state index contributed by atoms with van der Waals surface area (Å²) in [7, 11) is 0. The van der Waals surface area contributed by atoms with Gasteiger partial charge in [0.25, 0.3) is 0 Å². The molecular weight excluding hydrogens is 406 g/mol. The molecule has 0 aliphatic rings. The normalized spacial score (nSPS) is 12.2. The van der Waals surface area contributed by atoms with Crippen LogP contribution < -0.4 is 0 Å². The van der Waals surface area contributed by atoms with Crippen molar-refractivity contribution in [1.82, 2.24) is 4.90 Å². The van der Waals surface area contributed by atoms with Crippen LogP contribution in [0.4, 0.5) is 0 Å². The summed E-state index contributed by atoms with van der Waals surface area (Å²) in [5, 5.41) is 18.0. The SMILES string of the molecule is CCCCCCCCC(CCC)OC(=O)CCCN(CCO)CCCCCCCC(=O)O. The molecule has 0 aromatic carbocycles. The van der Waals surface area contributed by atoms with Crippen LogP contribution in [0.15, 0.2) is 0 Å². The lowest BCUT2D eigenvalue weighted by molar-refractivity contribution is -0.150. The van der Waals surface area contributed by atoms with Crippen LogP contribution in [-0.2, 0) is 14.3 Å². The number of nitrogens with zero attached hydrogens (tertiary/aromatic N) is 1. The average Bonchev–Trinajstić information content (AvgIpc) is 2.75. The highest BCUT2D eigenvalue weighted by Crippen LogP contribution is 2.15. The standard InChI is InChI=1S/C26H51NO5/c1-3-5-6-7-9-12-17-24(16-4-2)32-26(31)19-15-21-27(22-23-28)20-14-11-8-10-13-18-25(29)30/h24,28H,3-23H2,1-2H3,(H,29,30). The number of ether oxygens (including phenoxy) is 1. The Kier molecular flexibility index (Phi) is 22.2. The van der Waals surface area contributed by atoms with Crippen LogP contribution in [0.5, 0.6) is 0 Å². The maximum atomic E-state index is 12.3. The number of esters is 1. The second kappa shape index (κ2) is 23.0. The molecule has 0 saturated carbocycles. The number of hydrogen-bond acceptors (Lipinski definition) is 5. The summed E-state index contributed by atoms with van der Waals surface area (Å²) in [5.41, 5.74) is 0. The van der Waals surface area contributed by atoms with Gasteiger partial charge in [0.05, 0.1) is 6.61 Å². The minimum atomic E-state index is -0.721. The fourth-order valence-corrected chi connectivity index (χ4v) is 4.05. The number of aliphatic hydroxyl groups is 1. The number of carboxylic acid groups (broad SMARTS) is 1. The van der Waals surface area contributed by atoms with Gasteiger partial charge in [0.2, 0.25) is 0 Å². The molecule has 0 aromatic rings. The van der Waals surface area contributed by atoms with Crippen molar-refractivity contribution in [3.63, 3.8) is 0 Å². The smallest absolute Gasteiger partial charge is 0.306 e. The molecule has 0 aliphatic carbocycles. The summed E-state index contributed by atoms with van der Waals surface area (Å²) in [6.45, 7) is 6.83. The summed E-state index contributed by atoms with van der Waals surface area (Å²) in [5.74, 6) is -0.808. The van der Waals surface area contributed by atoms with Crippen LogP contribution in [0.2, 0.25) is 0 Å². The Morgan fingerprint density at radius 2 is 1.34 bits per heavy atom. The van der Waals surface area contributed by atoms with Gasteiger partial charge in [-0.05, 0) is 51.6 Å². The Hall–Kier alpha value is -1.14. The van der Waals surface area contributed by atoms with Gasteiger partial charge in [-0.25, -0.2) is 0 Å². The molecule has 0 amide bonds. The molecule has 0 rings (SSSR count). The summed E-state index contributed by atoms with van der Waals surface area (Å²) in [6.07, 6.45) is 16.9. The minimum absolute atomic E-state index is 0.0633. The predicted octanol–water partition coefficient (Wildman–Crippen LogP) is 5.95. The third-order valence-corrected chi connectivity index (χ3v) is 5.92. The zero-order valence-electron chi connectivity index (χ0n) is 21.0. The largest absolute Gasteiger partial charge is 0.481 e. The van der Waals surface area contributed by atoms with Gasteiger partial charge in [0.15, 0.2) is 0 Å². The lowest BCUT2D eigenvalue weighted by Crippen LogP contribution is -2.29. The van der Waals surface area contributed by atoms with Crippen molar-refractivity contribution < 1.29 is 24.5 Å². The number of aliphatic carboxylic acids is 1. The molecule has 190 valence electrons. The zero-order valence-corrected chi connectivity index (χ0v) is 21.0. The van der Waals surface area contributed by atoms with Gasteiger partial charge in [0, 0.05) is 19.4 Å². The predicted molar refractivity (Wildman–Crippen MR) is 131 cm³/mol. The van der Waals surface area contributed by atoms with Crippen LogP contribution in [0, 0.1) is 0 Å². The lowest BCUT2D eigenvalue weighted by atomic mass is 10.0. The number of carbonyl (C=O) groups is 2. The van der Waals surface area contributed by atoms with Gasteiger partial charge < -0.3 is 19.8 Å². The van der Waals surface area contributed by atoms with E-state index in [1.165, 1.54) is 32.1 Å². The van der Waals surface area contributed by atoms with E-state index in [9.17, 15) is 14.7 Å². The highest BCUT2D eigenvalue weighted by atomic mass is 16.5. The first kappa shape index (κ1) is 30.9. The second-order valence-corrected chi connectivity index (χ2v) is 9.04. The summed E-state index contributed by atoms with van der Waals surface area (Å²) < 4.78 is 5.76. The molecule has 1 atom stereocenters. The van der Waals surface area contributed by atoms with Crippen LogP contribution in [-0.4, -0.2) is 59.4 Å². The fourth-order valence-electron chi connectivity index (χ4n) is 4.05. The van der Waals surface area contributed by atoms with Crippen LogP contribution in [0.3, 0.4) is 0 Å². The molecule has 0 fully saturated rings. The van der Waals surface area contributed by atoms with Crippen molar-refractivity contribution in [2.45, 2.75) is 129 Å². The van der Waals surface area contributed by atoms with Gasteiger partial charge >= 0.3 is 11.9 Å². The fraction of sp³-hybridized carbons (Fsp3) is 0.923. The lowest BCUT2D eigenvalue weighted by Gasteiger charge is -2.21. The van der Waals surface area contributed by atoms with Crippen LogP contribution in [0.1, 0.15) is 123 Å². The molecule has 0 aliphatic heterocycles. The van der Waals surface area contributed by atoms with E-state index in [2.05, 4.69) is 18.7 Å². The number of carbonyl (C=O) groups excluding carboxylic acids is 1. The van der Waals surface area contributed by atoms with Gasteiger partial charge in [-0.15, -0.1) is 0 Å². The third-order valence-electron chi connectivity index (χ3n) is 5.92. The molecule has 0 aromatic heterocycles. The van der Waals surface area contributed by atoms with E-state index in [0.717, 1.165) is 77.3 Å². The van der Waals surface area contributed by atoms with E-state index in [-0.39, 0.29) is 25.1 Å². The van der Waals surface area contributed by atoms with Crippen molar-refractivity contribution in [2.24, 2.45) is 0 Å². The van der Waals surface area contributed by atoms with Crippen LogP contribution in [0.25, 0.3) is 0 Å². The molecule has 0 heterocycles. The summed E-state index contributed by atoms with van der Waals surface area (Å²) in [6, 6.07) is 0. The summed E-state index contributed by atoms with van der Waals surface area (Å²) >= 11 is 0. The first-order valence-corrected chi connectivity index (χ1v) is 13.3. The average molecular weight is 458 g/mol. The molecule has 0 bridgehead atoms. The second-order valence-electron chi connectivity index (χ2n) is 9.04. The topological polar surface area (TPSA) is 87.1 Å². The van der Waals surface area contributed by atoms with E-state index >= 15 is 0 Å². The maximum Gasteiger partial charge on any atom is 0.306 e. The van der Waals surface area contributed by atoms with Gasteiger partial charge in [-0.2, -0.15) is 0 Å². The summed E-state index contributed by atoms with van der Waals surface area (Å²) in [4.78, 5) is 25.0. The molecular formula is C26H51NO5. The number of aliphatic hydroxyl groups excluding tert-OH is 1. The molecule has 6 heteroatoms. The van der Waals surface area contributed by atoms with E-state index in [0.29, 0.717) is 13.0 Å². The van der Waals surface area contributed by atoms with Crippen molar-refractivity contribution in [3.8, 4) is 0 Å². The highest BCUT2D eigenvalue weighted by molar-refractivity contribution is 5.69. The molecule has 1 unspecified atom stereocenters. The highest BCUT2D eigenvalue weighted by Gasteiger charge is 2.14. The molecule has 0 radical (unpaired) electrons. The Bertz CT molecular complexity index is 444. The molecule has 32 heavy (non-hydrogen) atoms.